The molecule has 0 unspecified atom stereocenters. The van der Waals surface area contributed by atoms with Gasteiger partial charge in [-0.15, -0.1) is 0 Å². The largest absolute Gasteiger partial charge is 0.445 e. The number of aliphatic hydroxyl groups excluding tert-OH is 1. The van der Waals surface area contributed by atoms with Crippen molar-refractivity contribution in [1.82, 2.24) is 20.9 Å². The van der Waals surface area contributed by atoms with E-state index >= 15 is 0 Å². The minimum Gasteiger partial charge on any atom is -0.445 e. The first-order chi connectivity index (χ1) is 21.8. The number of amides is 5. The Morgan fingerprint density at radius 2 is 1.37 bits per heavy atom. The number of alkyl carbamates (subject to hydrolysis) is 1. The van der Waals surface area contributed by atoms with Crippen LogP contribution in [0.1, 0.15) is 56.8 Å². The number of nitrogens with zero attached hydrogens (tertiary/aromatic N) is 1. The summed E-state index contributed by atoms with van der Waals surface area (Å²) in [5, 5.41) is 19.8. The van der Waals surface area contributed by atoms with Crippen LogP contribution in [0.2, 0.25) is 0 Å². The number of benzene rings is 3. The van der Waals surface area contributed by atoms with E-state index in [1.54, 1.807) is 24.3 Å². The summed E-state index contributed by atoms with van der Waals surface area (Å²) in [4.78, 5) is 53.0. The van der Waals surface area contributed by atoms with Crippen LogP contribution in [0.25, 0.3) is 0 Å². The van der Waals surface area contributed by atoms with Gasteiger partial charge in [0.1, 0.15) is 12.6 Å². The number of primary amides is 1. The second kappa shape index (κ2) is 17.0. The van der Waals surface area contributed by atoms with Crippen molar-refractivity contribution in [2.24, 2.45) is 5.73 Å². The van der Waals surface area contributed by atoms with Crippen LogP contribution in [0.3, 0.4) is 0 Å². The molecule has 11 heteroatoms. The second-order valence-electron chi connectivity index (χ2n) is 12.2. The van der Waals surface area contributed by atoms with Crippen LogP contribution in [-0.4, -0.2) is 64.2 Å². The molecule has 3 aromatic rings. The number of carbonyl (C=O) groups is 4. The predicted molar refractivity (Wildman–Crippen MR) is 175 cm³/mol. The van der Waals surface area contributed by atoms with Gasteiger partial charge in [0.25, 0.3) is 0 Å². The lowest BCUT2D eigenvalue weighted by atomic mass is 9.98. The highest BCUT2D eigenvalue weighted by atomic mass is 16.5. The van der Waals surface area contributed by atoms with Crippen LogP contribution < -0.4 is 21.7 Å². The van der Waals surface area contributed by atoms with Gasteiger partial charge in [-0.2, -0.15) is 0 Å². The standard InChI is InChI=1S/C35H45N5O6/c1-24(27-18-12-7-13-19-27)37-33(44)40(35(2,3)4)22-30(41)28(20-25-14-8-5-9-15-25)38-32(43)29(21-31(36)42)39-34(45)46-23-26-16-10-6-11-17-26/h5-19,24,28-30,41H,20-23H2,1-4H3,(H2,36,42)(H,37,44)(H,38,43)(H,39,45)/t24-,28-,29-,30+/m0/s1. The van der Waals surface area contributed by atoms with E-state index in [9.17, 15) is 24.3 Å². The Bertz CT molecular complexity index is 1420. The number of nitrogens with two attached hydrogens (primary N) is 1. The van der Waals surface area contributed by atoms with Crippen LogP contribution >= 0.6 is 0 Å². The fourth-order valence-electron chi connectivity index (χ4n) is 4.82. The number of rotatable bonds is 14. The molecule has 5 amide bonds. The van der Waals surface area contributed by atoms with Gasteiger partial charge < -0.3 is 36.4 Å². The zero-order valence-corrected chi connectivity index (χ0v) is 26.8. The van der Waals surface area contributed by atoms with Crippen LogP contribution in [0, 0.1) is 0 Å². The number of urea groups is 1. The van der Waals surface area contributed by atoms with Crippen LogP contribution in [0.4, 0.5) is 9.59 Å². The Hall–Kier alpha value is -4.90. The van der Waals surface area contributed by atoms with Crippen molar-refractivity contribution in [3.8, 4) is 0 Å². The monoisotopic (exact) mass is 631 g/mol. The molecule has 3 rings (SSSR count). The Labute approximate surface area is 270 Å². The predicted octanol–water partition coefficient (Wildman–Crippen LogP) is 3.82. The lowest BCUT2D eigenvalue weighted by Gasteiger charge is -2.39. The Kier molecular flexibility index (Phi) is 13.1. The first kappa shape index (κ1) is 35.6. The Balaban J connectivity index is 1.77. The van der Waals surface area contributed by atoms with Crippen LogP contribution in [0.5, 0.6) is 0 Å². The fourth-order valence-corrected chi connectivity index (χ4v) is 4.82. The molecule has 246 valence electrons. The normalized spacial score (nSPS) is 13.8. The van der Waals surface area contributed by atoms with E-state index in [2.05, 4.69) is 16.0 Å². The summed E-state index contributed by atoms with van der Waals surface area (Å²) in [7, 11) is 0. The lowest BCUT2D eigenvalue weighted by molar-refractivity contribution is -0.128. The average molecular weight is 632 g/mol. The van der Waals surface area contributed by atoms with Crippen molar-refractivity contribution in [3.63, 3.8) is 0 Å². The molecular weight excluding hydrogens is 586 g/mol. The maximum Gasteiger partial charge on any atom is 0.408 e. The first-order valence-corrected chi connectivity index (χ1v) is 15.2. The van der Waals surface area contributed by atoms with Gasteiger partial charge in [0.15, 0.2) is 0 Å². The van der Waals surface area contributed by atoms with E-state index in [1.807, 2.05) is 94.4 Å². The molecule has 4 atom stereocenters. The van der Waals surface area contributed by atoms with E-state index < -0.39 is 48.1 Å². The van der Waals surface area contributed by atoms with Crippen molar-refractivity contribution in [2.45, 2.75) is 76.9 Å². The molecule has 11 nitrogen and oxygen atoms in total. The number of carbonyl (C=O) groups excluding carboxylic acids is 4. The van der Waals surface area contributed by atoms with Crippen molar-refractivity contribution in [1.29, 1.82) is 0 Å². The Morgan fingerprint density at radius 3 is 1.91 bits per heavy atom. The van der Waals surface area contributed by atoms with E-state index in [1.165, 1.54) is 4.90 Å². The van der Waals surface area contributed by atoms with Crippen molar-refractivity contribution in [3.05, 3.63) is 108 Å². The molecule has 0 aliphatic carbocycles. The van der Waals surface area contributed by atoms with Gasteiger partial charge in [-0.05, 0) is 50.8 Å². The fraction of sp³-hybridized carbons (Fsp3) is 0.371. The van der Waals surface area contributed by atoms with E-state index in [0.29, 0.717) is 0 Å². The highest BCUT2D eigenvalue weighted by molar-refractivity contribution is 5.90. The summed E-state index contributed by atoms with van der Waals surface area (Å²) in [6.45, 7) is 7.27. The van der Waals surface area contributed by atoms with Gasteiger partial charge in [-0.3, -0.25) is 9.59 Å². The van der Waals surface area contributed by atoms with Gasteiger partial charge in [-0.1, -0.05) is 91.0 Å². The second-order valence-corrected chi connectivity index (χ2v) is 12.2. The highest BCUT2D eigenvalue weighted by Crippen LogP contribution is 2.19. The van der Waals surface area contributed by atoms with Gasteiger partial charge in [0.05, 0.1) is 31.2 Å². The minimum atomic E-state index is -1.36. The smallest absolute Gasteiger partial charge is 0.408 e. The summed E-state index contributed by atoms with van der Waals surface area (Å²) in [5.74, 6) is -1.55. The zero-order chi connectivity index (χ0) is 33.7. The molecule has 0 spiro atoms. The molecule has 0 saturated carbocycles. The third-order valence-electron chi connectivity index (χ3n) is 7.38. The molecule has 0 aliphatic rings. The van der Waals surface area contributed by atoms with Gasteiger partial charge in [0, 0.05) is 5.54 Å². The number of aliphatic hydroxyl groups is 1. The highest BCUT2D eigenvalue weighted by Gasteiger charge is 2.34. The summed E-state index contributed by atoms with van der Waals surface area (Å²) in [6, 6.07) is 24.8. The van der Waals surface area contributed by atoms with Crippen molar-refractivity contribution >= 4 is 23.9 Å². The van der Waals surface area contributed by atoms with E-state index in [0.717, 1.165) is 16.7 Å². The van der Waals surface area contributed by atoms with Gasteiger partial charge in [-0.25, -0.2) is 9.59 Å². The van der Waals surface area contributed by atoms with Crippen LogP contribution in [0.15, 0.2) is 91.0 Å². The number of nitrogens with one attached hydrogen (secondary N) is 3. The Morgan fingerprint density at radius 1 is 0.826 bits per heavy atom. The number of ether oxygens (including phenoxy) is 1. The summed E-state index contributed by atoms with van der Waals surface area (Å²) < 4.78 is 5.24. The SMILES string of the molecule is C[C@H](NC(=O)N(C[C@@H](O)[C@H](Cc1ccccc1)NC(=O)[C@H](CC(N)=O)NC(=O)OCc1ccccc1)C(C)(C)C)c1ccccc1. The topological polar surface area (TPSA) is 163 Å². The molecule has 0 aromatic heterocycles. The molecule has 0 heterocycles. The first-order valence-electron chi connectivity index (χ1n) is 15.2. The zero-order valence-electron chi connectivity index (χ0n) is 26.8. The maximum absolute atomic E-state index is 13.5. The average Bonchev–Trinajstić information content (AvgIpc) is 3.02. The molecule has 0 fully saturated rings. The third-order valence-corrected chi connectivity index (χ3v) is 7.38. The lowest BCUT2D eigenvalue weighted by Crippen LogP contribution is -2.59. The van der Waals surface area contributed by atoms with Crippen LogP contribution in [-0.2, 0) is 27.4 Å². The van der Waals surface area contributed by atoms with Crippen molar-refractivity contribution < 1.29 is 29.0 Å². The maximum atomic E-state index is 13.5. The summed E-state index contributed by atoms with van der Waals surface area (Å²) in [6.07, 6.45) is -2.43. The molecular formula is C35H45N5O6. The third kappa shape index (κ3) is 11.6. The molecule has 0 aliphatic heterocycles. The molecule has 3 aromatic carbocycles. The van der Waals surface area contributed by atoms with E-state index in [-0.39, 0.29) is 31.6 Å². The molecule has 46 heavy (non-hydrogen) atoms. The summed E-state index contributed by atoms with van der Waals surface area (Å²) >= 11 is 0. The van der Waals surface area contributed by atoms with Gasteiger partial charge in [0.2, 0.25) is 11.8 Å². The molecule has 0 radical (unpaired) electrons. The molecule has 6 N–H and O–H groups in total. The van der Waals surface area contributed by atoms with Gasteiger partial charge >= 0.3 is 12.1 Å². The molecule has 0 saturated heterocycles. The quantitative estimate of drug-likeness (QED) is 0.182. The van der Waals surface area contributed by atoms with E-state index in [4.69, 9.17) is 10.5 Å². The number of β-amino-alcohol motifs (C(OH)–C–C–N with tert-alkyl or cyclic N) is 1. The van der Waals surface area contributed by atoms with Crippen molar-refractivity contribution in [2.75, 3.05) is 6.54 Å². The number of hydrogen-bond acceptors (Lipinski definition) is 6. The minimum absolute atomic E-state index is 0.0411. The number of hydrogen-bond donors (Lipinski definition) is 5. The summed E-state index contributed by atoms with van der Waals surface area (Å²) in [5.41, 5.74) is 7.19. The molecule has 0 bridgehead atoms.